The van der Waals surface area contributed by atoms with Gasteiger partial charge in [-0.15, -0.1) is 0 Å². The van der Waals surface area contributed by atoms with Gasteiger partial charge >= 0.3 is 0 Å². The number of rotatable bonds is 3. The third-order valence-corrected chi connectivity index (χ3v) is 2.14. The van der Waals surface area contributed by atoms with Crippen LogP contribution in [0, 0.1) is 11.8 Å². The molecule has 0 aromatic carbocycles. The number of aromatic nitrogens is 2. The van der Waals surface area contributed by atoms with Gasteiger partial charge in [-0.05, 0) is 18.2 Å². The second-order valence-electron chi connectivity index (χ2n) is 3.48. The predicted octanol–water partition coefficient (Wildman–Crippen LogP) is 1.40. The molecule has 2 aromatic rings. The molecule has 0 unspecified atom stereocenters. The molecular formula is C14H12N2O2. The molecule has 0 radical (unpaired) electrons. The molecular weight excluding hydrogens is 228 g/mol. The molecule has 90 valence electrons. The van der Waals surface area contributed by atoms with Crippen LogP contribution in [0.25, 0.3) is 0 Å². The summed E-state index contributed by atoms with van der Waals surface area (Å²) in [6.07, 6.45) is 4.96. The van der Waals surface area contributed by atoms with E-state index in [0.29, 0.717) is 17.9 Å². The van der Waals surface area contributed by atoms with E-state index in [1.807, 2.05) is 18.2 Å². The monoisotopic (exact) mass is 240 g/mol. The van der Waals surface area contributed by atoms with Crippen LogP contribution in [-0.2, 0) is 6.61 Å². The third-order valence-electron chi connectivity index (χ3n) is 2.14. The minimum atomic E-state index is -0.168. The second-order valence-corrected chi connectivity index (χ2v) is 3.48. The molecule has 0 aliphatic rings. The summed E-state index contributed by atoms with van der Waals surface area (Å²) in [7, 11) is 0. The smallest absolute Gasteiger partial charge is 0.139 e. The largest absolute Gasteiger partial charge is 0.486 e. The maximum Gasteiger partial charge on any atom is 0.139 e. The second kappa shape index (κ2) is 6.38. The van der Waals surface area contributed by atoms with E-state index in [1.165, 1.54) is 0 Å². The highest BCUT2D eigenvalue weighted by atomic mass is 16.5. The van der Waals surface area contributed by atoms with E-state index in [0.717, 1.165) is 5.69 Å². The third kappa shape index (κ3) is 3.58. The Bertz CT molecular complexity index is 559. The number of ether oxygens (including phenoxy) is 1. The molecule has 0 atom stereocenters. The number of hydrogen-bond donors (Lipinski definition) is 1. The van der Waals surface area contributed by atoms with Crippen molar-refractivity contribution >= 4 is 0 Å². The number of aliphatic hydroxyl groups excluding tert-OH is 1. The Morgan fingerprint density at radius 2 is 2.22 bits per heavy atom. The lowest BCUT2D eigenvalue weighted by Gasteiger charge is -2.05. The lowest BCUT2D eigenvalue weighted by molar-refractivity contribution is 0.300. The molecule has 0 aliphatic heterocycles. The van der Waals surface area contributed by atoms with Crippen LogP contribution in [0.1, 0.15) is 11.3 Å². The van der Waals surface area contributed by atoms with Crippen molar-refractivity contribution in [3.8, 4) is 17.6 Å². The summed E-state index contributed by atoms with van der Waals surface area (Å²) in [6, 6.07) is 7.44. The molecule has 1 N–H and O–H groups in total. The van der Waals surface area contributed by atoms with Crippen LogP contribution in [-0.4, -0.2) is 21.7 Å². The first kappa shape index (κ1) is 12.1. The zero-order chi connectivity index (χ0) is 12.6. The average molecular weight is 240 g/mol. The number of nitrogens with zero attached hydrogens (tertiary/aromatic N) is 2. The SMILES string of the molecule is OCC#Cc1cncc(OCc2ccccn2)c1. The molecule has 0 bridgehead atoms. The van der Waals surface area contributed by atoms with Crippen LogP contribution in [0.2, 0.25) is 0 Å². The van der Waals surface area contributed by atoms with Gasteiger partial charge in [0.2, 0.25) is 0 Å². The summed E-state index contributed by atoms with van der Waals surface area (Å²) in [5.74, 6) is 5.97. The number of pyridine rings is 2. The van der Waals surface area contributed by atoms with Crippen molar-refractivity contribution in [3.63, 3.8) is 0 Å². The first-order valence-electron chi connectivity index (χ1n) is 5.46. The fourth-order valence-corrected chi connectivity index (χ4v) is 1.35. The van der Waals surface area contributed by atoms with Gasteiger partial charge in [0.25, 0.3) is 0 Å². The van der Waals surface area contributed by atoms with Crippen molar-refractivity contribution in [2.75, 3.05) is 6.61 Å². The van der Waals surface area contributed by atoms with Crippen molar-refractivity contribution < 1.29 is 9.84 Å². The van der Waals surface area contributed by atoms with E-state index in [2.05, 4.69) is 21.8 Å². The normalized spacial score (nSPS) is 9.39. The van der Waals surface area contributed by atoms with Gasteiger partial charge in [-0.2, -0.15) is 0 Å². The molecule has 0 spiro atoms. The van der Waals surface area contributed by atoms with Crippen LogP contribution < -0.4 is 4.74 Å². The number of aliphatic hydroxyl groups is 1. The molecule has 4 heteroatoms. The van der Waals surface area contributed by atoms with Crippen LogP contribution in [0.15, 0.2) is 42.9 Å². The first-order valence-corrected chi connectivity index (χ1v) is 5.46. The highest BCUT2D eigenvalue weighted by molar-refractivity contribution is 5.36. The van der Waals surface area contributed by atoms with Crippen LogP contribution >= 0.6 is 0 Å². The summed E-state index contributed by atoms with van der Waals surface area (Å²) in [5, 5.41) is 8.62. The van der Waals surface area contributed by atoms with E-state index in [4.69, 9.17) is 9.84 Å². The molecule has 4 nitrogen and oxygen atoms in total. The van der Waals surface area contributed by atoms with Crippen molar-refractivity contribution in [3.05, 3.63) is 54.1 Å². The van der Waals surface area contributed by atoms with Crippen LogP contribution in [0.4, 0.5) is 0 Å². The van der Waals surface area contributed by atoms with Gasteiger partial charge in [-0.1, -0.05) is 17.9 Å². The molecule has 0 saturated heterocycles. The zero-order valence-electron chi connectivity index (χ0n) is 9.71. The summed E-state index contributed by atoms with van der Waals surface area (Å²) in [4.78, 5) is 8.18. The van der Waals surface area contributed by atoms with Gasteiger partial charge in [0.05, 0.1) is 11.9 Å². The van der Waals surface area contributed by atoms with Crippen molar-refractivity contribution in [1.29, 1.82) is 0 Å². The Morgan fingerprint density at radius 3 is 3.00 bits per heavy atom. The lowest BCUT2D eigenvalue weighted by atomic mass is 10.3. The highest BCUT2D eigenvalue weighted by Gasteiger charge is 1.98. The number of hydrogen-bond acceptors (Lipinski definition) is 4. The quantitative estimate of drug-likeness (QED) is 0.824. The van der Waals surface area contributed by atoms with E-state index in [-0.39, 0.29) is 6.61 Å². The summed E-state index contributed by atoms with van der Waals surface area (Å²) in [5.41, 5.74) is 1.56. The summed E-state index contributed by atoms with van der Waals surface area (Å²) < 4.78 is 5.56. The molecule has 2 rings (SSSR count). The summed E-state index contributed by atoms with van der Waals surface area (Å²) in [6.45, 7) is 0.221. The van der Waals surface area contributed by atoms with E-state index < -0.39 is 0 Å². The average Bonchev–Trinajstić information content (AvgIpc) is 2.44. The Hall–Kier alpha value is -2.38. The van der Waals surface area contributed by atoms with Gasteiger partial charge in [-0.25, -0.2) is 0 Å². The Balaban J connectivity index is 2.01. The maximum atomic E-state index is 8.62. The maximum absolute atomic E-state index is 8.62. The van der Waals surface area contributed by atoms with Gasteiger partial charge in [-0.3, -0.25) is 9.97 Å². The summed E-state index contributed by atoms with van der Waals surface area (Å²) >= 11 is 0. The fourth-order valence-electron chi connectivity index (χ4n) is 1.35. The zero-order valence-corrected chi connectivity index (χ0v) is 9.71. The van der Waals surface area contributed by atoms with E-state index >= 15 is 0 Å². The Labute approximate surface area is 105 Å². The first-order chi connectivity index (χ1) is 8.88. The highest BCUT2D eigenvalue weighted by Crippen LogP contribution is 2.12. The molecule has 18 heavy (non-hydrogen) atoms. The topological polar surface area (TPSA) is 55.2 Å². The molecule has 0 amide bonds. The standard InChI is InChI=1S/C14H12N2O2/c17-7-3-4-12-8-14(10-15-9-12)18-11-13-5-1-2-6-16-13/h1-2,5-6,8-10,17H,7,11H2. The van der Waals surface area contributed by atoms with Crippen molar-refractivity contribution in [2.45, 2.75) is 6.61 Å². The molecule has 2 aromatic heterocycles. The fraction of sp³-hybridized carbons (Fsp3) is 0.143. The van der Waals surface area contributed by atoms with Crippen LogP contribution in [0.3, 0.4) is 0 Å². The van der Waals surface area contributed by atoms with E-state index in [9.17, 15) is 0 Å². The Morgan fingerprint density at radius 1 is 1.28 bits per heavy atom. The van der Waals surface area contributed by atoms with Crippen molar-refractivity contribution in [1.82, 2.24) is 9.97 Å². The molecule has 0 fully saturated rings. The van der Waals surface area contributed by atoms with Gasteiger partial charge in [0, 0.05) is 18.0 Å². The van der Waals surface area contributed by atoms with Crippen LogP contribution in [0.5, 0.6) is 5.75 Å². The minimum absolute atomic E-state index is 0.168. The Kier molecular flexibility index (Phi) is 4.28. The van der Waals surface area contributed by atoms with Gasteiger partial charge in [0.1, 0.15) is 19.0 Å². The molecule has 0 saturated carbocycles. The van der Waals surface area contributed by atoms with Gasteiger partial charge < -0.3 is 9.84 Å². The predicted molar refractivity (Wildman–Crippen MR) is 66.8 cm³/mol. The van der Waals surface area contributed by atoms with Gasteiger partial charge in [0.15, 0.2) is 0 Å². The van der Waals surface area contributed by atoms with Crippen molar-refractivity contribution in [2.24, 2.45) is 0 Å². The molecule has 0 aliphatic carbocycles. The molecule has 2 heterocycles. The van der Waals surface area contributed by atoms with E-state index in [1.54, 1.807) is 24.7 Å². The lowest BCUT2D eigenvalue weighted by Crippen LogP contribution is -1.98. The minimum Gasteiger partial charge on any atom is -0.486 e.